The van der Waals surface area contributed by atoms with Crippen LogP contribution in [0.3, 0.4) is 0 Å². The monoisotopic (exact) mass is 435 g/mol. The fourth-order valence-electron chi connectivity index (χ4n) is 3.00. The molecule has 0 aliphatic rings. The average molecular weight is 435 g/mol. The molecule has 0 saturated carbocycles. The molecule has 2 aromatic heterocycles. The van der Waals surface area contributed by atoms with Crippen molar-refractivity contribution in [2.75, 3.05) is 5.32 Å². The predicted octanol–water partition coefficient (Wildman–Crippen LogP) is 6.10. The molecule has 164 valence electrons. The Labute approximate surface area is 177 Å². The highest BCUT2D eigenvalue weighted by Gasteiger charge is 2.36. The van der Waals surface area contributed by atoms with Crippen LogP contribution in [0.5, 0.6) is 11.6 Å². The van der Waals surface area contributed by atoms with E-state index in [1.165, 1.54) is 19.9 Å². The van der Waals surface area contributed by atoms with E-state index in [0.717, 1.165) is 18.1 Å². The molecule has 0 atom stereocenters. The molecule has 31 heavy (non-hydrogen) atoms. The number of pyridine rings is 2. The van der Waals surface area contributed by atoms with E-state index in [1.54, 1.807) is 18.2 Å². The van der Waals surface area contributed by atoms with Crippen molar-refractivity contribution in [3.63, 3.8) is 0 Å². The summed E-state index contributed by atoms with van der Waals surface area (Å²) in [5.74, 6) is -1.83. The van der Waals surface area contributed by atoms with Crippen molar-refractivity contribution in [2.24, 2.45) is 0 Å². The number of nitrogens with one attached hydrogen (secondary N) is 1. The van der Waals surface area contributed by atoms with Crippen LogP contribution in [0.15, 0.2) is 42.6 Å². The van der Waals surface area contributed by atoms with Crippen LogP contribution in [0.25, 0.3) is 0 Å². The second-order valence-electron chi connectivity index (χ2n) is 6.80. The lowest BCUT2D eigenvalue weighted by Crippen LogP contribution is -2.19. The summed E-state index contributed by atoms with van der Waals surface area (Å²) >= 11 is 0. The van der Waals surface area contributed by atoms with Crippen LogP contribution in [-0.4, -0.2) is 15.9 Å². The van der Waals surface area contributed by atoms with Gasteiger partial charge in [0.1, 0.15) is 5.56 Å². The van der Waals surface area contributed by atoms with E-state index >= 15 is 0 Å². The van der Waals surface area contributed by atoms with Gasteiger partial charge in [0, 0.05) is 13.3 Å². The fraction of sp³-hybridized carbons (Fsp3) is 0.227. The van der Waals surface area contributed by atoms with Gasteiger partial charge in [0.2, 0.25) is 11.8 Å². The summed E-state index contributed by atoms with van der Waals surface area (Å²) in [5, 5.41) is 2.60. The SMILES string of the molecule is CCc1cccc(NC(=O)c2c(Oc3ccc(F)nc3C)ncc(C(F)(F)F)c2C)c1.[HH]. The van der Waals surface area contributed by atoms with Gasteiger partial charge in [-0.3, -0.25) is 4.79 Å². The molecule has 1 N–H and O–H groups in total. The molecule has 2 heterocycles. The lowest BCUT2D eigenvalue weighted by atomic mass is 10.0. The predicted molar refractivity (Wildman–Crippen MR) is 109 cm³/mol. The summed E-state index contributed by atoms with van der Waals surface area (Å²) < 4.78 is 59.1. The molecule has 0 spiro atoms. The number of hydrogen-bond acceptors (Lipinski definition) is 4. The third kappa shape index (κ3) is 4.99. The molecule has 0 aliphatic carbocycles. The minimum Gasteiger partial charge on any atom is -0.436 e. The Bertz CT molecular complexity index is 1140. The van der Waals surface area contributed by atoms with Gasteiger partial charge in [0.05, 0.1) is 11.3 Å². The highest BCUT2D eigenvalue weighted by molar-refractivity contribution is 6.07. The number of alkyl halides is 3. The van der Waals surface area contributed by atoms with Gasteiger partial charge in [-0.2, -0.15) is 17.6 Å². The molecule has 1 aromatic carbocycles. The van der Waals surface area contributed by atoms with Gasteiger partial charge in [0.15, 0.2) is 5.75 Å². The van der Waals surface area contributed by atoms with Crippen molar-refractivity contribution in [3.8, 4) is 11.6 Å². The Morgan fingerprint density at radius 2 is 1.94 bits per heavy atom. The highest BCUT2D eigenvalue weighted by Crippen LogP contribution is 2.36. The third-order valence-electron chi connectivity index (χ3n) is 4.64. The van der Waals surface area contributed by atoms with Gasteiger partial charge in [-0.25, -0.2) is 9.97 Å². The Kier molecular flexibility index (Phi) is 6.24. The summed E-state index contributed by atoms with van der Waals surface area (Å²) in [5.41, 5.74) is -0.245. The summed E-state index contributed by atoms with van der Waals surface area (Å²) in [4.78, 5) is 20.3. The van der Waals surface area contributed by atoms with Gasteiger partial charge in [-0.1, -0.05) is 19.1 Å². The quantitative estimate of drug-likeness (QED) is 0.388. The van der Waals surface area contributed by atoms with Crippen LogP contribution < -0.4 is 10.1 Å². The minimum absolute atomic E-state index is 0. The molecule has 0 bridgehead atoms. The van der Waals surface area contributed by atoms with Crippen LogP contribution in [0.4, 0.5) is 23.2 Å². The number of benzene rings is 1. The molecule has 0 fully saturated rings. The van der Waals surface area contributed by atoms with Crippen molar-refractivity contribution >= 4 is 11.6 Å². The first kappa shape index (κ1) is 22.2. The Morgan fingerprint density at radius 1 is 1.19 bits per heavy atom. The maximum atomic E-state index is 13.4. The summed E-state index contributed by atoms with van der Waals surface area (Å²) in [6, 6.07) is 9.25. The largest absolute Gasteiger partial charge is 0.436 e. The first-order chi connectivity index (χ1) is 14.6. The molecular formula is C22H21F4N3O2. The number of carbonyl (C=O) groups excluding carboxylic acids is 1. The summed E-state index contributed by atoms with van der Waals surface area (Å²) in [6.45, 7) is 4.57. The molecule has 3 rings (SSSR count). The average Bonchev–Trinajstić information content (AvgIpc) is 2.69. The maximum absolute atomic E-state index is 13.4. The van der Waals surface area contributed by atoms with E-state index in [9.17, 15) is 22.4 Å². The molecule has 1 amide bonds. The first-order valence-corrected chi connectivity index (χ1v) is 9.38. The number of hydrogen-bond donors (Lipinski definition) is 1. The van der Waals surface area contributed by atoms with Crippen LogP contribution >= 0.6 is 0 Å². The highest BCUT2D eigenvalue weighted by atomic mass is 19.4. The van der Waals surface area contributed by atoms with E-state index in [-0.39, 0.29) is 29.9 Å². The second-order valence-corrected chi connectivity index (χ2v) is 6.80. The standard InChI is InChI=1S/C22H19F4N3O2.H2/c1-4-14-6-5-7-15(10-14)29-20(30)19-12(2)16(22(24,25)26)11-27-21(19)31-17-8-9-18(23)28-13(17)3;/h5-11H,4H2,1-3H3,(H,29,30);1H. The van der Waals surface area contributed by atoms with Crippen LogP contribution in [0.2, 0.25) is 0 Å². The van der Waals surface area contributed by atoms with E-state index in [2.05, 4.69) is 15.3 Å². The normalized spacial score (nSPS) is 11.3. The van der Waals surface area contributed by atoms with Gasteiger partial charge >= 0.3 is 6.18 Å². The van der Waals surface area contributed by atoms with Gasteiger partial charge in [-0.05, 0) is 55.7 Å². The van der Waals surface area contributed by atoms with Gasteiger partial charge in [0.25, 0.3) is 5.91 Å². The fourth-order valence-corrected chi connectivity index (χ4v) is 3.00. The van der Waals surface area contributed by atoms with Crippen molar-refractivity contribution in [3.05, 3.63) is 76.5 Å². The molecule has 5 nitrogen and oxygen atoms in total. The van der Waals surface area contributed by atoms with E-state index in [4.69, 9.17) is 4.74 Å². The van der Waals surface area contributed by atoms with Crippen molar-refractivity contribution < 1.29 is 28.5 Å². The number of nitrogens with zero attached hydrogens (tertiary/aromatic N) is 2. The molecule has 3 aromatic rings. The maximum Gasteiger partial charge on any atom is 0.418 e. The zero-order valence-corrected chi connectivity index (χ0v) is 17.0. The number of aromatic nitrogens is 2. The Balaban J connectivity index is 0.00000363. The van der Waals surface area contributed by atoms with E-state index in [0.29, 0.717) is 11.9 Å². The molecular weight excluding hydrogens is 414 g/mol. The molecule has 0 aliphatic heterocycles. The zero-order chi connectivity index (χ0) is 22.8. The Morgan fingerprint density at radius 3 is 2.58 bits per heavy atom. The Hall–Kier alpha value is -3.49. The van der Waals surface area contributed by atoms with Crippen LogP contribution in [0, 0.1) is 19.8 Å². The number of amides is 1. The number of ether oxygens (including phenoxy) is 1. The number of carbonyl (C=O) groups is 1. The zero-order valence-electron chi connectivity index (χ0n) is 17.0. The minimum atomic E-state index is -4.71. The van der Waals surface area contributed by atoms with Crippen molar-refractivity contribution in [1.82, 2.24) is 9.97 Å². The van der Waals surface area contributed by atoms with E-state index in [1.807, 2.05) is 13.0 Å². The lowest BCUT2D eigenvalue weighted by molar-refractivity contribution is -0.138. The number of rotatable bonds is 5. The number of anilines is 1. The third-order valence-corrected chi connectivity index (χ3v) is 4.64. The lowest BCUT2D eigenvalue weighted by Gasteiger charge is -2.17. The van der Waals surface area contributed by atoms with Crippen LogP contribution in [-0.2, 0) is 12.6 Å². The number of halogens is 4. The number of aryl methyl sites for hydroxylation is 2. The van der Waals surface area contributed by atoms with Crippen molar-refractivity contribution in [1.29, 1.82) is 0 Å². The van der Waals surface area contributed by atoms with Crippen molar-refractivity contribution in [2.45, 2.75) is 33.4 Å². The van der Waals surface area contributed by atoms with E-state index < -0.39 is 23.6 Å². The molecule has 0 unspecified atom stereocenters. The van der Waals surface area contributed by atoms with Gasteiger partial charge < -0.3 is 10.1 Å². The molecule has 0 saturated heterocycles. The topological polar surface area (TPSA) is 64.1 Å². The van der Waals surface area contributed by atoms with Crippen LogP contribution in [0.1, 0.15) is 41.1 Å². The second kappa shape index (κ2) is 8.71. The molecule has 0 radical (unpaired) electrons. The molecule has 9 heteroatoms. The van der Waals surface area contributed by atoms with Gasteiger partial charge in [-0.15, -0.1) is 0 Å². The first-order valence-electron chi connectivity index (χ1n) is 9.38. The smallest absolute Gasteiger partial charge is 0.418 e. The summed E-state index contributed by atoms with van der Waals surface area (Å²) in [7, 11) is 0. The summed E-state index contributed by atoms with van der Waals surface area (Å²) in [6.07, 6.45) is -3.38.